The number of hydrogen-bond donors (Lipinski definition) is 2. The predicted molar refractivity (Wildman–Crippen MR) is 102 cm³/mol. The first-order chi connectivity index (χ1) is 13.0. The van der Waals surface area contributed by atoms with Crippen LogP contribution in [0.25, 0.3) is 5.69 Å². The first-order valence-corrected chi connectivity index (χ1v) is 9.34. The molecule has 0 bridgehead atoms. The van der Waals surface area contributed by atoms with Gasteiger partial charge in [0, 0.05) is 42.9 Å². The van der Waals surface area contributed by atoms with Crippen LogP contribution in [0, 0.1) is 5.92 Å². The summed E-state index contributed by atoms with van der Waals surface area (Å²) >= 11 is 0. The average Bonchev–Trinajstić information content (AvgIpc) is 3.36. The molecule has 0 aliphatic carbocycles. The van der Waals surface area contributed by atoms with Gasteiger partial charge in [-0.2, -0.15) is 5.10 Å². The largest absolute Gasteiger partial charge is 0.376 e. The second kappa shape index (κ2) is 8.81. The summed E-state index contributed by atoms with van der Waals surface area (Å²) in [5.41, 5.74) is 2.38. The minimum absolute atomic E-state index is 0.0149. The zero-order valence-electron chi connectivity index (χ0n) is 15.8. The van der Waals surface area contributed by atoms with Crippen LogP contribution in [0.15, 0.2) is 36.7 Å². The maximum atomic E-state index is 12.2. The fourth-order valence-corrected chi connectivity index (χ4v) is 2.87. The Morgan fingerprint density at radius 1 is 1.26 bits per heavy atom. The van der Waals surface area contributed by atoms with Crippen molar-refractivity contribution < 1.29 is 14.3 Å². The zero-order valence-corrected chi connectivity index (χ0v) is 15.8. The van der Waals surface area contributed by atoms with Crippen LogP contribution in [-0.2, 0) is 16.1 Å². The van der Waals surface area contributed by atoms with Gasteiger partial charge in [-0.05, 0) is 37.1 Å². The first-order valence-electron chi connectivity index (χ1n) is 9.34. The molecule has 7 nitrogen and oxygen atoms in total. The number of rotatable bonds is 7. The molecule has 27 heavy (non-hydrogen) atoms. The van der Waals surface area contributed by atoms with E-state index in [0.29, 0.717) is 18.7 Å². The smallest absolute Gasteiger partial charge is 0.251 e. The highest BCUT2D eigenvalue weighted by atomic mass is 16.5. The van der Waals surface area contributed by atoms with Crippen molar-refractivity contribution in [2.24, 2.45) is 5.92 Å². The van der Waals surface area contributed by atoms with Crippen molar-refractivity contribution in [2.45, 2.75) is 39.3 Å². The van der Waals surface area contributed by atoms with Crippen LogP contribution in [0.3, 0.4) is 0 Å². The summed E-state index contributed by atoms with van der Waals surface area (Å²) in [7, 11) is 0. The summed E-state index contributed by atoms with van der Waals surface area (Å²) in [6, 6.07) is 7.26. The molecule has 144 valence electrons. The lowest BCUT2D eigenvalue weighted by Crippen LogP contribution is -2.31. The maximum absolute atomic E-state index is 12.2. The molecule has 1 fully saturated rings. The molecule has 2 N–H and O–H groups in total. The van der Waals surface area contributed by atoms with Crippen molar-refractivity contribution in [3.8, 4) is 5.69 Å². The Morgan fingerprint density at radius 2 is 2.04 bits per heavy atom. The summed E-state index contributed by atoms with van der Waals surface area (Å²) in [4.78, 5) is 23.9. The number of benzene rings is 1. The Labute approximate surface area is 159 Å². The van der Waals surface area contributed by atoms with E-state index in [4.69, 9.17) is 4.74 Å². The van der Waals surface area contributed by atoms with E-state index in [1.807, 2.05) is 32.2 Å². The standard InChI is InChI=1S/C20H26N4O3/c1-14(2)19(25)21-10-15-11-23-24(13-15)17-7-5-16(6-8-17)20(26)22-12-18-4-3-9-27-18/h5-8,11,13-14,18H,3-4,9-10,12H2,1-2H3,(H,21,25)(H,22,26). The maximum Gasteiger partial charge on any atom is 0.251 e. The number of carbonyl (C=O) groups excluding carboxylic acids is 2. The van der Waals surface area contributed by atoms with E-state index >= 15 is 0 Å². The minimum atomic E-state index is -0.102. The molecular formula is C20H26N4O3. The van der Waals surface area contributed by atoms with Crippen LogP contribution in [0.1, 0.15) is 42.6 Å². The van der Waals surface area contributed by atoms with Crippen molar-refractivity contribution in [3.63, 3.8) is 0 Å². The van der Waals surface area contributed by atoms with Crippen molar-refractivity contribution in [3.05, 3.63) is 47.8 Å². The highest BCUT2D eigenvalue weighted by Crippen LogP contribution is 2.12. The molecule has 0 spiro atoms. The van der Waals surface area contributed by atoms with Gasteiger partial charge in [0.25, 0.3) is 5.91 Å². The number of hydrogen-bond acceptors (Lipinski definition) is 4. The molecule has 2 aromatic rings. The van der Waals surface area contributed by atoms with Gasteiger partial charge < -0.3 is 15.4 Å². The van der Waals surface area contributed by atoms with Crippen LogP contribution in [-0.4, -0.2) is 40.9 Å². The molecule has 1 aliphatic rings. The van der Waals surface area contributed by atoms with Gasteiger partial charge in [0.2, 0.25) is 5.91 Å². The highest BCUT2D eigenvalue weighted by molar-refractivity contribution is 5.94. The SMILES string of the molecule is CC(C)C(=O)NCc1cnn(-c2ccc(C(=O)NCC3CCCO3)cc2)c1. The van der Waals surface area contributed by atoms with Gasteiger partial charge in [-0.15, -0.1) is 0 Å². The number of nitrogens with one attached hydrogen (secondary N) is 2. The lowest BCUT2D eigenvalue weighted by Gasteiger charge is -2.11. The zero-order chi connectivity index (χ0) is 19.2. The van der Waals surface area contributed by atoms with Crippen LogP contribution >= 0.6 is 0 Å². The molecule has 1 aliphatic heterocycles. The number of nitrogens with zero attached hydrogens (tertiary/aromatic N) is 2. The van der Waals surface area contributed by atoms with Crippen molar-refractivity contribution >= 4 is 11.8 Å². The van der Waals surface area contributed by atoms with Gasteiger partial charge in [-0.1, -0.05) is 13.8 Å². The lowest BCUT2D eigenvalue weighted by atomic mass is 10.2. The van der Waals surface area contributed by atoms with Gasteiger partial charge in [0.15, 0.2) is 0 Å². The van der Waals surface area contributed by atoms with Crippen LogP contribution in [0.5, 0.6) is 0 Å². The van der Waals surface area contributed by atoms with E-state index in [1.165, 1.54) is 0 Å². The van der Waals surface area contributed by atoms with Gasteiger partial charge in [-0.25, -0.2) is 4.68 Å². The second-order valence-electron chi connectivity index (χ2n) is 7.06. The quantitative estimate of drug-likeness (QED) is 0.781. The van der Waals surface area contributed by atoms with E-state index in [0.717, 1.165) is 30.7 Å². The Balaban J connectivity index is 1.55. The number of aromatic nitrogens is 2. The van der Waals surface area contributed by atoms with E-state index < -0.39 is 0 Å². The first kappa shape index (κ1) is 19.1. The summed E-state index contributed by atoms with van der Waals surface area (Å²) in [5, 5.41) is 10.1. The molecule has 3 rings (SSSR count). The lowest BCUT2D eigenvalue weighted by molar-refractivity contribution is -0.124. The third-order valence-corrected chi connectivity index (χ3v) is 4.54. The molecule has 1 atom stereocenters. The van der Waals surface area contributed by atoms with Crippen molar-refractivity contribution in [2.75, 3.05) is 13.2 Å². The fraction of sp³-hybridized carbons (Fsp3) is 0.450. The Kier molecular flexibility index (Phi) is 6.24. The molecular weight excluding hydrogens is 344 g/mol. The van der Waals surface area contributed by atoms with E-state index in [9.17, 15) is 9.59 Å². The molecule has 2 heterocycles. The Hall–Kier alpha value is -2.67. The third kappa shape index (κ3) is 5.17. The molecule has 1 aromatic heterocycles. The van der Waals surface area contributed by atoms with Crippen LogP contribution in [0.2, 0.25) is 0 Å². The van der Waals surface area contributed by atoms with Gasteiger partial charge in [-0.3, -0.25) is 9.59 Å². The molecule has 1 aromatic carbocycles. The molecule has 7 heteroatoms. The van der Waals surface area contributed by atoms with Gasteiger partial charge in [0.1, 0.15) is 0 Å². The number of carbonyl (C=O) groups is 2. The average molecular weight is 370 g/mol. The second-order valence-corrected chi connectivity index (χ2v) is 7.06. The van der Waals surface area contributed by atoms with Crippen LogP contribution in [0.4, 0.5) is 0 Å². The topological polar surface area (TPSA) is 85.2 Å². The summed E-state index contributed by atoms with van der Waals surface area (Å²) in [5.74, 6) is -0.130. The third-order valence-electron chi connectivity index (χ3n) is 4.54. The molecule has 1 saturated heterocycles. The number of amides is 2. The monoisotopic (exact) mass is 370 g/mol. The van der Waals surface area contributed by atoms with Crippen molar-refractivity contribution in [1.82, 2.24) is 20.4 Å². The molecule has 0 radical (unpaired) electrons. The highest BCUT2D eigenvalue weighted by Gasteiger charge is 2.16. The van der Waals surface area contributed by atoms with Crippen LogP contribution < -0.4 is 10.6 Å². The summed E-state index contributed by atoms with van der Waals surface area (Å²) in [6.07, 6.45) is 5.78. The molecule has 2 amide bonds. The van der Waals surface area contributed by atoms with E-state index in [1.54, 1.807) is 23.0 Å². The van der Waals surface area contributed by atoms with Gasteiger partial charge in [0.05, 0.1) is 18.0 Å². The predicted octanol–water partition coefficient (Wildman–Crippen LogP) is 2.05. The Morgan fingerprint density at radius 3 is 2.70 bits per heavy atom. The minimum Gasteiger partial charge on any atom is -0.376 e. The Bertz CT molecular complexity index is 777. The van der Waals surface area contributed by atoms with E-state index in [2.05, 4.69) is 15.7 Å². The van der Waals surface area contributed by atoms with Gasteiger partial charge >= 0.3 is 0 Å². The molecule has 0 saturated carbocycles. The normalized spacial score (nSPS) is 16.5. The molecule has 1 unspecified atom stereocenters. The number of ether oxygens (including phenoxy) is 1. The fourth-order valence-electron chi connectivity index (χ4n) is 2.87. The van der Waals surface area contributed by atoms with E-state index in [-0.39, 0.29) is 23.8 Å². The summed E-state index contributed by atoms with van der Waals surface area (Å²) < 4.78 is 7.24. The summed E-state index contributed by atoms with van der Waals surface area (Å²) in [6.45, 7) is 5.49. The van der Waals surface area contributed by atoms with Crippen molar-refractivity contribution in [1.29, 1.82) is 0 Å².